The highest BCUT2D eigenvalue weighted by atomic mass is 35.5. The van der Waals surface area contributed by atoms with E-state index in [1.165, 1.54) is 6.92 Å². The lowest BCUT2D eigenvalue weighted by Crippen LogP contribution is -2.37. The minimum atomic E-state index is -0.138. The van der Waals surface area contributed by atoms with Crippen LogP contribution in [0.1, 0.15) is 23.7 Å². The van der Waals surface area contributed by atoms with E-state index in [9.17, 15) is 9.59 Å². The fourth-order valence-electron chi connectivity index (χ4n) is 2.07. The van der Waals surface area contributed by atoms with Crippen molar-refractivity contribution in [2.24, 2.45) is 0 Å². The number of hydrogen-bond acceptors (Lipinski definition) is 3. The summed E-state index contributed by atoms with van der Waals surface area (Å²) in [5, 5.41) is 3.02. The van der Waals surface area contributed by atoms with Crippen LogP contribution >= 0.6 is 11.6 Å². The molecule has 1 saturated heterocycles. The normalized spacial score (nSPS) is 18.8. The van der Waals surface area contributed by atoms with Crippen LogP contribution in [0.3, 0.4) is 0 Å². The van der Waals surface area contributed by atoms with Crippen LogP contribution in [0.4, 0.5) is 0 Å². The number of likely N-dealkylation sites (tertiary alicyclic amines) is 1. The molecule has 1 N–H and O–H groups in total. The number of nitrogens with zero attached hydrogens (tertiary/aromatic N) is 2. The Kier molecular flexibility index (Phi) is 3.81. The number of hydrogen-bond donors (Lipinski definition) is 1. The molecule has 1 atom stereocenters. The number of amides is 2. The van der Waals surface area contributed by atoms with Crippen molar-refractivity contribution >= 4 is 23.4 Å². The standard InChI is InChI=1S/C12H14ClN3O2/c1-8(17)15-9-4-6-16(7-9)12(18)10-3-2-5-14-11(10)13/h2-3,5,9H,4,6-7H2,1H3,(H,15,17). The molecule has 2 rings (SSSR count). The molecule has 2 amide bonds. The highest BCUT2D eigenvalue weighted by molar-refractivity contribution is 6.32. The Hall–Kier alpha value is -1.62. The van der Waals surface area contributed by atoms with Gasteiger partial charge in [-0.2, -0.15) is 0 Å². The third-order valence-corrected chi connectivity index (χ3v) is 3.17. The van der Waals surface area contributed by atoms with E-state index in [4.69, 9.17) is 11.6 Å². The molecular formula is C12H14ClN3O2. The number of pyridine rings is 1. The Labute approximate surface area is 110 Å². The van der Waals surface area contributed by atoms with E-state index in [0.717, 1.165) is 6.42 Å². The Balaban J connectivity index is 2.04. The average molecular weight is 268 g/mol. The number of carbonyl (C=O) groups excluding carboxylic acids is 2. The van der Waals surface area contributed by atoms with E-state index < -0.39 is 0 Å². The first-order chi connectivity index (χ1) is 8.58. The van der Waals surface area contributed by atoms with Crippen LogP contribution in [0.25, 0.3) is 0 Å². The zero-order valence-electron chi connectivity index (χ0n) is 10.0. The zero-order valence-corrected chi connectivity index (χ0v) is 10.8. The molecule has 0 saturated carbocycles. The van der Waals surface area contributed by atoms with Crippen molar-refractivity contribution in [3.8, 4) is 0 Å². The topological polar surface area (TPSA) is 62.3 Å². The highest BCUT2D eigenvalue weighted by Crippen LogP contribution is 2.18. The van der Waals surface area contributed by atoms with Gasteiger partial charge in [-0.1, -0.05) is 11.6 Å². The van der Waals surface area contributed by atoms with Gasteiger partial charge in [-0.3, -0.25) is 9.59 Å². The molecule has 0 aliphatic carbocycles. The Morgan fingerprint density at radius 3 is 3.00 bits per heavy atom. The van der Waals surface area contributed by atoms with E-state index in [-0.39, 0.29) is 23.0 Å². The molecule has 0 aromatic carbocycles. The number of halogens is 1. The molecule has 1 aromatic rings. The first-order valence-electron chi connectivity index (χ1n) is 5.75. The maximum Gasteiger partial charge on any atom is 0.257 e. The van der Waals surface area contributed by atoms with Crippen LogP contribution < -0.4 is 5.32 Å². The summed E-state index contributed by atoms with van der Waals surface area (Å²) in [4.78, 5) is 28.7. The molecule has 0 spiro atoms. The van der Waals surface area contributed by atoms with Crippen LogP contribution in [0.5, 0.6) is 0 Å². The smallest absolute Gasteiger partial charge is 0.257 e. The van der Waals surface area contributed by atoms with Crippen molar-refractivity contribution < 1.29 is 9.59 Å². The second kappa shape index (κ2) is 5.35. The van der Waals surface area contributed by atoms with Gasteiger partial charge in [-0.15, -0.1) is 0 Å². The lowest BCUT2D eigenvalue weighted by Gasteiger charge is -2.17. The number of nitrogens with one attached hydrogen (secondary N) is 1. The van der Waals surface area contributed by atoms with Crippen LogP contribution in [0.15, 0.2) is 18.3 Å². The third kappa shape index (κ3) is 2.79. The van der Waals surface area contributed by atoms with Gasteiger partial charge in [-0.25, -0.2) is 4.98 Å². The van der Waals surface area contributed by atoms with Crippen LogP contribution in [-0.4, -0.2) is 40.8 Å². The summed E-state index contributed by atoms with van der Waals surface area (Å²) in [6.45, 7) is 2.61. The molecule has 2 heterocycles. The number of rotatable bonds is 2. The van der Waals surface area contributed by atoms with Gasteiger partial charge in [0.2, 0.25) is 5.91 Å². The Bertz CT molecular complexity index is 478. The summed E-state index contributed by atoms with van der Waals surface area (Å²) < 4.78 is 0. The molecule has 1 aliphatic heterocycles. The average Bonchev–Trinajstić information content (AvgIpc) is 2.76. The maximum atomic E-state index is 12.2. The van der Waals surface area contributed by atoms with Crippen molar-refractivity contribution in [1.82, 2.24) is 15.2 Å². The van der Waals surface area contributed by atoms with Crippen molar-refractivity contribution in [2.45, 2.75) is 19.4 Å². The Morgan fingerprint density at radius 2 is 2.33 bits per heavy atom. The molecule has 0 bridgehead atoms. The van der Waals surface area contributed by atoms with Crippen LogP contribution in [0, 0.1) is 0 Å². The van der Waals surface area contributed by atoms with E-state index >= 15 is 0 Å². The molecule has 1 fully saturated rings. The second-order valence-corrected chi connectivity index (χ2v) is 4.64. The molecule has 1 aromatic heterocycles. The summed E-state index contributed by atoms with van der Waals surface area (Å²) in [6.07, 6.45) is 2.31. The van der Waals surface area contributed by atoms with Gasteiger partial charge < -0.3 is 10.2 Å². The van der Waals surface area contributed by atoms with Gasteiger partial charge in [0, 0.05) is 32.3 Å². The first-order valence-corrected chi connectivity index (χ1v) is 6.12. The summed E-state index contributed by atoms with van der Waals surface area (Å²) >= 11 is 5.89. The van der Waals surface area contributed by atoms with Crippen molar-refractivity contribution in [3.63, 3.8) is 0 Å². The molecule has 1 aliphatic rings. The summed E-state index contributed by atoms with van der Waals surface area (Å²) in [5.41, 5.74) is 0.405. The molecule has 18 heavy (non-hydrogen) atoms. The monoisotopic (exact) mass is 267 g/mol. The number of aromatic nitrogens is 1. The molecule has 96 valence electrons. The molecule has 6 heteroatoms. The van der Waals surface area contributed by atoms with Gasteiger partial charge in [-0.05, 0) is 18.6 Å². The zero-order chi connectivity index (χ0) is 13.1. The van der Waals surface area contributed by atoms with E-state index in [0.29, 0.717) is 18.7 Å². The lowest BCUT2D eigenvalue weighted by atomic mass is 10.2. The second-order valence-electron chi connectivity index (χ2n) is 4.28. The van der Waals surface area contributed by atoms with Crippen LogP contribution in [-0.2, 0) is 4.79 Å². The quantitative estimate of drug-likeness (QED) is 0.816. The summed E-state index contributed by atoms with van der Waals surface area (Å²) in [6, 6.07) is 3.37. The van der Waals surface area contributed by atoms with E-state index in [2.05, 4.69) is 10.3 Å². The minimum Gasteiger partial charge on any atom is -0.352 e. The summed E-state index contributed by atoms with van der Waals surface area (Å²) in [5.74, 6) is -0.213. The van der Waals surface area contributed by atoms with Gasteiger partial charge in [0.1, 0.15) is 5.15 Å². The fraction of sp³-hybridized carbons (Fsp3) is 0.417. The first kappa shape index (κ1) is 12.8. The molecule has 1 unspecified atom stereocenters. The van der Waals surface area contributed by atoms with Crippen molar-refractivity contribution in [2.75, 3.05) is 13.1 Å². The van der Waals surface area contributed by atoms with Gasteiger partial charge in [0.25, 0.3) is 5.91 Å². The van der Waals surface area contributed by atoms with Crippen molar-refractivity contribution in [1.29, 1.82) is 0 Å². The highest BCUT2D eigenvalue weighted by Gasteiger charge is 2.28. The van der Waals surface area contributed by atoms with Gasteiger partial charge in [0.15, 0.2) is 0 Å². The summed E-state index contributed by atoms with van der Waals surface area (Å²) in [7, 11) is 0. The predicted molar refractivity (Wildman–Crippen MR) is 67.4 cm³/mol. The SMILES string of the molecule is CC(=O)NC1CCN(C(=O)c2cccnc2Cl)C1. The lowest BCUT2D eigenvalue weighted by molar-refractivity contribution is -0.119. The number of carbonyl (C=O) groups is 2. The van der Waals surface area contributed by atoms with Crippen molar-refractivity contribution in [3.05, 3.63) is 29.0 Å². The third-order valence-electron chi connectivity index (χ3n) is 2.87. The van der Waals surface area contributed by atoms with Gasteiger partial charge >= 0.3 is 0 Å². The minimum absolute atomic E-state index is 0.0295. The molecular weight excluding hydrogens is 254 g/mol. The molecule has 0 radical (unpaired) electrons. The van der Waals surface area contributed by atoms with Gasteiger partial charge in [0.05, 0.1) is 5.56 Å². The predicted octanol–water partition coefficient (Wildman–Crippen LogP) is 1.09. The Morgan fingerprint density at radius 1 is 1.56 bits per heavy atom. The van der Waals surface area contributed by atoms with Crippen LogP contribution in [0.2, 0.25) is 5.15 Å². The van der Waals surface area contributed by atoms with E-state index in [1.54, 1.807) is 23.2 Å². The fourth-order valence-corrected chi connectivity index (χ4v) is 2.27. The maximum absolute atomic E-state index is 12.2. The van der Waals surface area contributed by atoms with E-state index in [1.807, 2.05) is 0 Å². The molecule has 5 nitrogen and oxygen atoms in total. The largest absolute Gasteiger partial charge is 0.352 e.